The van der Waals surface area contributed by atoms with Crippen molar-refractivity contribution in [2.24, 2.45) is 14.1 Å². The maximum Gasteiger partial charge on any atom is 0.330 e. The van der Waals surface area contributed by atoms with Crippen molar-refractivity contribution in [2.75, 3.05) is 16.9 Å². The third kappa shape index (κ3) is 2.91. The molecular weight excluding hydrogens is 226 g/mol. The second-order valence-electron chi connectivity index (χ2n) is 3.53. The van der Waals surface area contributed by atoms with Crippen molar-refractivity contribution in [1.29, 1.82) is 0 Å². The van der Waals surface area contributed by atoms with Crippen LogP contribution in [0.15, 0.2) is 15.8 Å². The van der Waals surface area contributed by atoms with Crippen LogP contribution in [0, 0.1) is 0 Å². The first kappa shape index (κ1) is 12.9. The van der Waals surface area contributed by atoms with Crippen molar-refractivity contribution in [3.05, 3.63) is 27.0 Å². The predicted molar refractivity (Wildman–Crippen MR) is 68.2 cm³/mol. The molecule has 1 heterocycles. The second kappa shape index (κ2) is 5.79. The molecule has 0 bridgehead atoms. The van der Waals surface area contributed by atoms with Crippen LogP contribution in [0.3, 0.4) is 0 Å². The Bertz CT molecular complexity index is 464. The minimum absolute atomic E-state index is 0.278. The van der Waals surface area contributed by atoms with Gasteiger partial charge in [0.15, 0.2) is 0 Å². The predicted octanol–water partition coefficient (Wildman–Crippen LogP) is 0.597. The van der Waals surface area contributed by atoms with E-state index >= 15 is 0 Å². The van der Waals surface area contributed by atoms with Gasteiger partial charge in [0.2, 0.25) is 0 Å². The number of thioether (sulfide) groups is 1. The zero-order valence-electron chi connectivity index (χ0n) is 9.82. The number of rotatable bonds is 5. The van der Waals surface area contributed by atoms with Crippen LogP contribution in [0.4, 0.5) is 5.69 Å². The van der Waals surface area contributed by atoms with E-state index in [0.29, 0.717) is 11.6 Å². The van der Waals surface area contributed by atoms with Gasteiger partial charge in [0.25, 0.3) is 5.56 Å². The van der Waals surface area contributed by atoms with E-state index < -0.39 is 0 Å². The molecule has 0 aromatic carbocycles. The average molecular weight is 243 g/mol. The van der Waals surface area contributed by atoms with Crippen LogP contribution >= 0.6 is 11.8 Å². The van der Waals surface area contributed by atoms with Crippen molar-refractivity contribution >= 4 is 17.4 Å². The Kier molecular flexibility index (Phi) is 4.67. The van der Waals surface area contributed by atoms with E-state index in [2.05, 4.69) is 12.2 Å². The fraction of sp³-hybridized carbons (Fsp3) is 0.600. The molecule has 0 saturated carbocycles. The van der Waals surface area contributed by atoms with Crippen molar-refractivity contribution < 1.29 is 0 Å². The van der Waals surface area contributed by atoms with Gasteiger partial charge >= 0.3 is 5.69 Å². The summed E-state index contributed by atoms with van der Waals surface area (Å²) in [4.78, 5) is 23.1. The third-order valence-electron chi connectivity index (χ3n) is 2.16. The molecule has 0 unspecified atom stereocenters. The molecule has 0 atom stereocenters. The second-order valence-corrected chi connectivity index (χ2v) is 4.63. The molecule has 6 heteroatoms. The topological polar surface area (TPSA) is 56.0 Å². The van der Waals surface area contributed by atoms with Gasteiger partial charge in [-0.3, -0.25) is 9.36 Å². The van der Waals surface area contributed by atoms with Crippen molar-refractivity contribution in [2.45, 2.75) is 13.3 Å². The maximum absolute atomic E-state index is 11.7. The van der Waals surface area contributed by atoms with E-state index in [1.807, 2.05) is 0 Å². The number of aromatic nitrogens is 2. The Morgan fingerprint density at radius 2 is 2.06 bits per heavy atom. The van der Waals surface area contributed by atoms with E-state index in [4.69, 9.17) is 0 Å². The quantitative estimate of drug-likeness (QED) is 0.607. The lowest BCUT2D eigenvalue weighted by Crippen LogP contribution is -2.37. The Labute approximate surface area is 98.5 Å². The van der Waals surface area contributed by atoms with Crippen LogP contribution in [0.5, 0.6) is 0 Å². The van der Waals surface area contributed by atoms with Gasteiger partial charge in [-0.25, -0.2) is 4.79 Å². The van der Waals surface area contributed by atoms with Crippen LogP contribution in [0.2, 0.25) is 0 Å². The summed E-state index contributed by atoms with van der Waals surface area (Å²) in [5, 5.41) is 3.03. The van der Waals surface area contributed by atoms with Crippen LogP contribution < -0.4 is 16.6 Å². The Hall–Kier alpha value is -1.17. The monoisotopic (exact) mass is 243 g/mol. The first-order valence-electron chi connectivity index (χ1n) is 5.16. The summed E-state index contributed by atoms with van der Waals surface area (Å²) < 4.78 is 2.50. The lowest BCUT2D eigenvalue weighted by Gasteiger charge is -2.08. The summed E-state index contributed by atoms with van der Waals surface area (Å²) in [6, 6.07) is 0. The molecular formula is C10H17N3O2S. The number of hydrogen-bond acceptors (Lipinski definition) is 4. The number of anilines is 1. The lowest BCUT2D eigenvalue weighted by molar-refractivity contribution is 0.688. The first-order valence-corrected chi connectivity index (χ1v) is 6.31. The van der Waals surface area contributed by atoms with Gasteiger partial charge in [0, 0.05) is 20.3 Å². The fourth-order valence-corrected chi connectivity index (χ4v) is 1.97. The van der Waals surface area contributed by atoms with E-state index in [-0.39, 0.29) is 11.2 Å². The van der Waals surface area contributed by atoms with Gasteiger partial charge in [-0.05, 0) is 12.2 Å². The smallest absolute Gasteiger partial charge is 0.330 e. The summed E-state index contributed by atoms with van der Waals surface area (Å²) in [6.45, 7) is 2.11. The summed E-state index contributed by atoms with van der Waals surface area (Å²) in [6.07, 6.45) is 2.65. The van der Waals surface area contributed by atoms with Crippen molar-refractivity contribution in [3.63, 3.8) is 0 Å². The van der Waals surface area contributed by atoms with Crippen molar-refractivity contribution in [3.8, 4) is 0 Å². The summed E-state index contributed by atoms with van der Waals surface area (Å²) in [7, 11) is 3.11. The Morgan fingerprint density at radius 3 is 2.69 bits per heavy atom. The lowest BCUT2D eigenvalue weighted by atomic mass is 10.5. The molecule has 0 aliphatic rings. The minimum atomic E-state index is -0.309. The highest BCUT2D eigenvalue weighted by atomic mass is 32.2. The highest BCUT2D eigenvalue weighted by Gasteiger charge is 2.05. The minimum Gasteiger partial charge on any atom is -0.370 e. The third-order valence-corrected chi connectivity index (χ3v) is 3.20. The molecule has 90 valence electrons. The van der Waals surface area contributed by atoms with E-state index in [9.17, 15) is 9.59 Å². The van der Waals surface area contributed by atoms with E-state index in [1.165, 1.54) is 17.8 Å². The molecule has 0 radical (unpaired) electrons. The number of aryl methyl sites for hydroxylation is 1. The van der Waals surface area contributed by atoms with Gasteiger partial charge < -0.3 is 9.88 Å². The molecule has 1 aromatic rings. The molecule has 1 rings (SSSR count). The molecule has 5 nitrogen and oxygen atoms in total. The van der Waals surface area contributed by atoms with Gasteiger partial charge in [0.05, 0.1) is 5.88 Å². The zero-order chi connectivity index (χ0) is 12.1. The first-order chi connectivity index (χ1) is 7.57. The van der Waals surface area contributed by atoms with Gasteiger partial charge in [0.1, 0.15) is 5.69 Å². The summed E-state index contributed by atoms with van der Waals surface area (Å²) in [5.74, 6) is 1.74. The Morgan fingerprint density at radius 1 is 1.38 bits per heavy atom. The molecule has 1 N–H and O–H groups in total. The molecule has 0 amide bonds. The molecule has 0 fully saturated rings. The van der Waals surface area contributed by atoms with Gasteiger partial charge in [-0.2, -0.15) is 0 Å². The van der Waals surface area contributed by atoms with Crippen molar-refractivity contribution in [1.82, 2.24) is 9.13 Å². The number of nitrogens with zero attached hydrogens (tertiary/aromatic N) is 2. The number of hydrogen-bond donors (Lipinski definition) is 1. The van der Waals surface area contributed by atoms with E-state index in [0.717, 1.165) is 16.7 Å². The molecule has 0 aliphatic heterocycles. The molecule has 0 aliphatic carbocycles. The summed E-state index contributed by atoms with van der Waals surface area (Å²) >= 11 is 1.73. The highest BCUT2D eigenvalue weighted by molar-refractivity contribution is 7.99. The summed E-state index contributed by atoms with van der Waals surface area (Å²) in [5.41, 5.74) is -0.120. The maximum atomic E-state index is 11.7. The number of nitrogens with one attached hydrogen (secondary N) is 1. The fourth-order valence-electron chi connectivity index (χ4n) is 1.27. The average Bonchev–Trinajstić information content (AvgIpc) is 2.28. The zero-order valence-corrected chi connectivity index (χ0v) is 10.6. The highest BCUT2D eigenvalue weighted by Crippen LogP contribution is 2.03. The SMILES string of the molecule is CCCSCNc1cn(C)c(=O)n(C)c1=O. The van der Waals surface area contributed by atoms with Crippen LogP contribution in [-0.4, -0.2) is 20.8 Å². The molecule has 0 saturated heterocycles. The van der Waals surface area contributed by atoms with Crippen LogP contribution in [0.1, 0.15) is 13.3 Å². The molecule has 1 aromatic heterocycles. The standard InChI is InChI=1S/C10H17N3O2S/c1-4-5-16-7-11-8-6-12(2)10(15)13(3)9(8)14/h6,11H,4-5,7H2,1-3H3. The van der Waals surface area contributed by atoms with Gasteiger partial charge in [-0.15, -0.1) is 11.8 Å². The van der Waals surface area contributed by atoms with Gasteiger partial charge in [-0.1, -0.05) is 6.92 Å². The Balaban J connectivity index is 2.82. The largest absolute Gasteiger partial charge is 0.370 e. The van der Waals surface area contributed by atoms with Crippen LogP contribution in [0.25, 0.3) is 0 Å². The molecule has 16 heavy (non-hydrogen) atoms. The molecule has 0 spiro atoms. The normalized spacial score (nSPS) is 10.4. The van der Waals surface area contributed by atoms with Crippen LogP contribution in [-0.2, 0) is 14.1 Å². The van der Waals surface area contributed by atoms with E-state index in [1.54, 1.807) is 18.8 Å².